The van der Waals surface area contributed by atoms with Gasteiger partial charge in [-0.1, -0.05) is 55.8 Å². The molecule has 0 bridgehead atoms. The second kappa shape index (κ2) is 13.1. The lowest BCUT2D eigenvalue weighted by molar-refractivity contribution is -0.384. The van der Waals surface area contributed by atoms with Gasteiger partial charge < -0.3 is 10.2 Å². The van der Waals surface area contributed by atoms with E-state index >= 15 is 0 Å². The molecule has 0 unspecified atom stereocenters. The third-order valence-corrected chi connectivity index (χ3v) is 6.23. The van der Waals surface area contributed by atoms with Crippen LogP contribution < -0.4 is 5.32 Å². The molecule has 0 aliphatic heterocycles. The van der Waals surface area contributed by atoms with E-state index in [9.17, 15) is 19.7 Å². The van der Waals surface area contributed by atoms with Gasteiger partial charge in [0, 0.05) is 36.0 Å². The van der Waals surface area contributed by atoms with Gasteiger partial charge >= 0.3 is 0 Å². The zero-order valence-corrected chi connectivity index (χ0v) is 19.8. The molecule has 7 nitrogen and oxygen atoms in total. The molecule has 2 aromatic carbocycles. The first-order valence-electron chi connectivity index (χ1n) is 10.5. The van der Waals surface area contributed by atoms with Gasteiger partial charge in [-0.3, -0.25) is 19.7 Å². The Morgan fingerprint density at radius 2 is 1.84 bits per heavy atom. The first-order chi connectivity index (χ1) is 15.4. The number of thioether (sulfide) groups is 1. The molecule has 2 amide bonds. The minimum absolute atomic E-state index is 0.0321. The lowest BCUT2D eigenvalue weighted by atomic mass is 10.1. The molecule has 1 atom stereocenters. The molecule has 2 aromatic rings. The summed E-state index contributed by atoms with van der Waals surface area (Å²) in [5.74, 6) is 0.382. The molecule has 0 heterocycles. The highest BCUT2D eigenvalue weighted by atomic mass is 35.5. The Labute approximate surface area is 197 Å². The van der Waals surface area contributed by atoms with E-state index in [4.69, 9.17) is 11.6 Å². The van der Waals surface area contributed by atoms with E-state index in [1.165, 1.54) is 23.9 Å². The van der Waals surface area contributed by atoms with Crippen molar-refractivity contribution < 1.29 is 14.5 Å². The number of nitro groups is 1. The van der Waals surface area contributed by atoms with Gasteiger partial charge in [0.05, 0.1) is 10.7 Å². The first kappa shape index (κ1) is 25.7. The van der Waals surface area contributed by atoms with Crippen LogP contribution in [0.2, 0.25) is 5.02 Å². The van der Waals surface area contributed by atoms with Crippen LogP contribution in [0.15, 0.2) is 48.5 Å². The number of amides is 2. The van der Waals surface area contributed by atoms with Crippen molar-refractivity contribution in [2.24, 2.45) is 0 Å². The molecule has 0 saturated carbocycles. The Morgan fingerprint density at radius 3 is 2.44 bits per heavy atom. The van der Waals surface area contributed by atoms with E-state index in [0.717, 1.165) is 17.5 Å². The van der Waals surface area contributed by atoms with Gasteiger partial charge in [0.25, 0.3) is 5.69 Å². The zero-order valence-electron chi connectivity index (χ0n) is 18.3. The summed E-state index contributed by atoms with van der Waals surface area (Å²) in [6.07, 6.45) is 1.30. The fourth-order valence-corrected chi connectivity index (χ4v) is 4.21. The number of carbonyl (C=O) groups is 2. The predicted octanol–water partition coefficient (Wildman–Crippen LogP) is 4.82. The number of nitrogens with one attached hydrogen (secondary N) is 1. The number of hydrogen-bond donors (Lipinski definition) is 1. The van der Waals surface area contributed by atoms with Crippen LogP contribution in [-0.2, 0) is 21.9 Å². The summed E-state index contributed by atoms with van der Waals surface area (Å²) in [6.45, 7) is 4.66. The fourth-order valence-electron chi connectivity index (χ4n) is 3.15. The van der Waals surface area contributed by atoms with Crippen molar-refractivity contribution >= 4 is 40.9 Å². The molecule has 9 heteroatoms. The van der Waals surface area contributed by atoms with E-state index in [0.29, 0.717) is 23.7 Å². The third kappa shape index (κ3) is 7.53. The van der Waals surface area contributed by atoms with Crippen LogP contribution in [0.5, 0.6) is 0 Å². The maximum atomic E-state index is 13.2. The van der Waals surface area contributed by atoms with Crippen molar-refractivity contribution in [1.82, 2.24) is 10.2 Å². The number of benzene rings is 2. The molecule has 1 N–H and O–H groups in total. The summed E-state index contributed by atoms with van der Waals surface area (Å²) in [7, 11) is 0. The molecule has 0 spiro atoms. The number of non-ortho nitro benzene ring substituents is 1. The molecule has 0 aliphatic carbocycles. The standard InChI is InChI=1S/C23H28ClN3O4S/c1-3-13-25-23(29)21(4-2)26(14-18-7-5-6-8-20(18)24)22(28)16-32-15-17-9-11-19(12-10-17)27(30)31/h5-12,21H,3-4,13-16H2,1-2H3,(H,25,29)/t21-/m0/s1. The second-order valence-electron chi connectivity index (χ2n) is 7.24. The quantitative estimate of drug-likeness (QED) is 0.349. The molecule has 32 heavy (non-hydrogen) atoms. The number of carbonyl (C=O) groups excluding carboxylic acids is 2. The highest BCUT2D eigenvalue weighted by Crippen LogP contribution is 2.22. The van der Waals surface area contributed by atoms with Crippen LogP contribution in [0.4, 0.5) is 5.69 Å². The largest absolute Gasteiger partial charge is 0.354 e. The van der Waals surface area contributed by atoms with Gasteiger partial charge in [-0.2, -0.15) is 0 Å². The van der Waals surface area contributed by atoms with Crippen LogP contribution in [0.3, 0.4) is 0 Å². The van der Waals surface area contributed by atoms with Crippen LogP contribution in [-0.4, -0.2) is 40.0 Å². The van der Waals surface area contributed by atoms with Crippen LogP contribution in [0.25, 0.3) is 0 Å². The third-order valence-electron chi connectivity index (χ3n) is 4.88. The maximum Gasteiger partial charge on any atom is 0.269 e. The number of rotatable bonds is 12. The van der Waals surface area contributed by atoms with E-state index in [1.54, 1.807) is 23.1 Å². The summed E-state index contributed by atoms with van der Waals surface area (Å²) in [5.41, 5.74) is 1.70. The van der Waals surface area contributed by atoms with E-state index < -0.39 is 11.0 Å². The molecule has 0 aliphatic rings. The Hall–Kier alpha value is -2.58. The van der Waals surface area contributed by atoms with Crippen molar-refractivity contribution in [1.29, 1.82) is 0 Å². The normalized spacial score (nSPS) is 11.6. The SMILES string of the molecule is CCCNC(=O)[C@H](CC)N(Cc1ccccc1Cl)C(=O)CSCc1ccc([N+](=O)[O-])cc1. The summed E-state index contributed by atoms with van der Waals surface area (Å²) in [5, 5.41) is 14.2. The molecule has 0 saturated heterocycles. The van der Waals surface area contributed by atoms with E-state index in [1.807, 2.05) is 32.0 Å². The van der Waals surface area contributed by atoms with E-state index in [2.05, 4.69) is 5.32 Å². The summed E-state index contributed by atoms with van der Waals surface area (Å²) in [4.78, 5) is 37.8. The summed E-state index contributed by atoms with van der Waals surface area (Å²) >= 11 is 7.72. The molecule has 2 rings (SSSR count). The van der Waals surface area contributed by atoms with Crippen LogP contribution in [0, 0.1) is 10.1 Å². The monoisotopic (exact) mass is 477 g/mol. The molecule has 172 valence electrons. The van der Waals surface area contributed by atoms with Crippen molar-refractivity contribution in [3.05, 3.63) is 74.8 Å². The summed E-state index contributed by atoms with van der Waals surface area (Å²) in [6, 6.07) is 13.0. The van der Waals surface area contributed by atoms with E-state index in [-0.39, 0.29) is 29.8 Å². The maximum absolute atomic E-state index is 13.2. The molecular formula is C23H28ClN3O4S. The Morgan fingerprint density at radius 1 is 1.16 bits per heavy atom. The number of nitrogens with zero attached hydrogens (tertiary/aromatic N) is 2. The van der Waals surface area contributed by atoms with Gasteiger partial charge in [-0.25, -0.2) is 0 Å². The van der Waals surface area contributed by atoms with Crippen molar-refractivity contribution in [3.63, 3.8) is 0 Å². The number of halogens is 1. The van der Waals surface area contributed by atoms with Crippen molar-refractivity contribution in [2.75, 3.05) is 12.3 Å². The average molecular weight is 478 g/mol. The second-order valence-corrected chi connectivity index (χ2v) is 8.64. The van der Waals surface area contributed by atoms with Gasteiger partial charge in [0.2, 0.25) is 11.8 Å². The Balaban J connectivity index is 2.10. The lowest BCUT2D eigenvalue weighted by Gasteiger charge is -2.31. The van der Waals surface area contributed by atoms with Gasteiger partial charge in [0.15, 0.2) is 0 Å². The minimum Gasteiger partial charge on any atom is -0.354 e. The Bertz CT molecular complexity index is 924. The molecule has 0 fully saturated rings. The first-order valence-corrected chi connectivity index (χ1v) is 12.0. The van der Waals surface area contributed by atoms with Crippen molar-refractivity contribution in [3.8, 4) is 0 Å². The number of nitro benzene ring substituents is 1. The van der Waals surface area contributed by atoms with Crippen LogP contribution in [0.1, 0.15) is 37.8 Å². The average Bonchev–Trinajstić information content (AvgIpc) is 2.79. The Kier molecular flexibility index (Phi) is 10.5. The van der Waals surface area contributed by atoms with Gasteiger partial charge in [-0.05, 0) is 30.0 Å². The zero-order chi connectivity index (χ0) is 23.5. The number of hydrogen-bond acceptors (Lipinski definition) is 5. The van der Waals surface area contributed by atoms with Gasteiger partial charge in [0.1, 0.15) is 6.04 Å². The lowest BCUT2D eigenvalue weighted by Crippen LogP contribution is -2.49. The smallest absolute Gasteiger partial charge is 0.269 e. The highest BCUT2D eigenvalue weighted by Gasteiger charge is 2.28. The predicted molar refractivity (Wildman–Crippen MR) is 129 cm³/mol. The minimum atomic E-state index is -0.592. The topological polar surface area (TPSA) is 92.6 Å². The molecule has 0 radical (unpaired) electrons. The fraction of sp³-hybridized carbons (Fsp3) is 0.391. The highest BCUT2D eigenvalue weighted by molar-refractivity contribution is 7.99. The van der Waals surface area contributed by atoms with Gasteiger partial charge in [-0.15, -0.1) is 11.8 Å². The molecule has 0 aromatic heterocycles. The summed E-state index contributed by atoms with van der Waals surface area (Å²) < 4.78 is 0. The van der Waals surface area contributed by atoms with Crippen LogP contribution >= 0.6 is 23.4 Å². The van der Waals surface area contributed by atoms with Crippen molar-refractivity contribution in [2.45, 2.75) is 45.0 Å². The molecular weight excluding hydrogens is 450 g/mol.